The van der Waals surface area contributed by atoms with E-state index in [4.69, 9.17) is 11.6 Å². The highest BCUT2D eigenvalue weighted by Gasteiger charge is 2.28. The van der Waals surface area contributed by atoms with Crippen LogP contribution in [-0.4, -0.2) is 38.2 Å². The predicted molar refractivity (Wildman–Crippen MR) is 116 cm³/mol. The molecule has 1 saturated heterocycles. The Morgan fingerprint density at radius 1 is 1.17 bits per heavy atom. The monoisotopic (exact) mass is 431 g/mol. The van der Waals surface area contributed by atoms with E-state index in [0.717, 1.165) is 22.9 Å². The normalized spacial score (nSPS) is 16.1. The molecule has 152 valence electrons. The van der Waals surface area contributed by atoms with Crippen molar-refractivity contribution in [2.75, 3.05) is 23.1 Å². The molecule has 1 aliphatic heterocycles. The second-order valence-electron chi connectivity index (χ2n) is 7.13. The van der Waals surface area contributed by atoms with Crippen LogP contribution in [0.5, 0.6) is 0 Å². The number of aromatic nitrogens is 1. The van der Waals surface area contributed by atoms with Crippen LogP contribution in [0.25, 0.3) is 10.9 Å². The minimum absolute atomic E-state index is 0.102. The maximum atomic E-state index is 12.6. The number of fused-ring (bicyclic) bond motifs is 1. The summed E-state index contributed by atoms with van der Waals surface area (Å²) in [6.07, 6.45) is 4.07. The lowest BCUT2D eigenvalue weighted by molar-refractivity contribution is 0.0954. The molecule has 2 heterocycles. The van der Waals surface area contributed by atoms with Crippen molar-refractivity contribution in [1.29, 1.82) is 0 Å². The number of hydrogen-bond donors (Lipinski definition) is 2. The zero-order valence-corrected chi connectivity index (χ0v) is 17.4. The van der Waals surface area contributed by atoms with Crippen LogP contribution in [0.1, 0.15) is 28.8 Å². The Morgan fingerprint density at radius 2 is 2.00 bits per heavy atom. The molecular weight excluding hydrogens is 410 g/mol. The Kier molecular flexibility index (Phi) is 5.52. The Balaban J connectivity index is 1.46. The van der Waals surface area contributed by atoms with Crippen LogP contribution < -0.4 is 9.62 Å². The fourth-order valence-electron chi connectivity index (χ4n) is 3.66. The Hall–Kier alpha value is -2.51. The van der Waals surface area contributed by atoms with Gasteiger partial charge in [-0.05, 0) is 49.1 Å². The van der Waals surface area contributed by atoms with E-state index >= 15 is 0 Å². The number of rotatable bonds is 5. The first kappa shape index (κ1) is 19.8. The van der Waals surface area contributed by atoms with Gasteiger partial charge in [-0.1, -0.05) is 29.8 Å². The van der Waals surface area contributed by atoms with Gasteiger partial charge < -0.3 is 10.3 Å². The van der Waals surface area contributed by atoms with Crippen LogP contribution in [0.3, 0.4) is 0 Å². The number of carbonyl (C=O) groups is 1. The fraction of sp³-hybridized carbons (Fsp3) is 0.286. The molecule has 0 aliphatic carbocycles. The van der Waals surface area contributed by atoms with Crippen molar-refractivity contribution < 1.29 is 13.2 Å². The highest BCUT2D eigenvalue weighted by molar-refractivity contribution is 7.92. The minimum atomic E-state index is -3.40. The van der Waals surface area contributed by atoms with Crippen LogP contribution >= 0.6 is 11.6 Å². The van der Waals surface area contributed by atoms with Gasteiger partial charge in [0.15, 0.2) is 0 Å². The SMILES string of the molecule is O=C(NCCc1c[nH]c2ccccc12)c1ccc(Cl)c(N2CCCCS2(=O)=O)c1. The van der Waals surface area contributed by atoms with Crippen molar-refractivity contribution >= 4 is 44.1 Å². The molecule has 0 atom stereocenters. The number of aromatic amines is 1. The van der Waals surface area contributed by atoms with Gasteiger partial charge in [0.05, 0.1) is 16.5 Å². The van der Waals surface area contributed by atoms with E-state index in [0.29, 0.717) is 42.2 Å². The zero-order valence-electron chi connectivity index (χ0n) is 15.8. The molecule has 1 amide bonds. The summed E-state index contributed by atoms with van der Waals surface area (Å²) in [6.45, 7) is 0.855. The van der Waals surface area contributed by atoms with Crippen molar-refractivity contribution in [2.45, 2.75) is 19.3 Å². The van der Waals surface area contributed by atoms with Gasteiger partial charge in [0.2, 0.25) is 10.0 Å². The van der Waals surface area contributed by atoms with Gasteiger partial charge in [0.25, 0.3) is 5.91 Å². The summed E-state index contributed by atoms with van der Waals surface area (Å²) in [5.74, 6) is -0.151. The van der Waals surface area contributed by atoms with E-state index in [1.807, 2.05) is 30.5 Å². The minimum Gasteiger partial charge on any atom is -0.361 e. The second-order valence-corrected chi connectivity index (χ2v) is 9.55. The quantitative estimate of drug-likeness (QED) is 0.645. The van der Waals surface area contributed by atoms with E-state index in [9.17, 15) is 13.2 Å². The summed E-state index contributed by atoms with van der Waals surface area (Å²) in [7, 11) is -3.40. The van der Waals surface area contributed by atoms with Gasteiger partial charge in [-0.2, -0.15) is 0 Å². The van der Waals surface area contributed by atoms with E-state index in [-0.39, 0.29) is 11.7 Å². The van der Waals surface area contributed by atoms with Gasteiger partial charge in [-0.25, -0.2) is 8.42 Å². The average molecular weight is 432 g/mol. The summed E-state index contributed by atoms with van der Waals surface area (Å²) < 4.78 is 26.1. The maximum Gasteiger partial charge on any atom is 0.251 e. The van der Waals surface area contributed by atoms with Gasteiger partial charge >= 0.3 is 0 Å². The van der Waals surface area contributed by atoms with Crippen LogP contribution in [0, 0.1) is 0 Å². The number of nitrogens with zero attached hydrogens (tertiary/aromatic N) is 1. The lowest BCUT2D eigenvalue weighted by Gasteiger charge is -2.29. The van der Waals surface area contributed by atoms with Gasteiger partial charge in [-0.15, -0.1) is 0 Å². The third-order valence-corrected chi connectivity index (χ3v) is 7.36. The molecular formula is C21H22ClN3O3S. The number of amides is 1. The number of anilines is 1. The summed E-state index contributed by atoms with van der Waals surface area (Å²) >= 11 is 6.25. The van der Waals surface area contributed by atoms with Crippen molar-refractivity contribution in [3.63, 3.8) is 0 Å². The summed E-state index contributed by atoms with van der Waals surface area (Å²) in [5.41, 5.74) is 2.97. The van der Waals surface area contributed by atoms with Gasteiger partial charge in [0.1, 0.15) is 0 Å². The molecule has 0 bridgehead atoms. The molecule has 1 aliphatic rings. The Morgan fingerprint density at radius 3 is 2.83 bits per heavy atom. The van der Waals surface area contributed by atoms with E-state index in [1.54, 1.807) is 18.2 Å². The standard InChI is InChI=1S/C21H22ClN3O3S/c22-18-8-7-15(13-20(18)25-11-3-4-12-29(25,27)28)21(26)23-10-9-16-14-24-19-6-2-1-5-17(16)19/h1-2,5-8,13-14,24H,3-4,9-12H2,(H,23,26). The van der Waals surface area contributed by atoms with Crippen molar-refractivity contribution in [2.24, 2.45) is 0 Å². The number of halogens is 1. The number of hydrogen-bond acceptors (Lipinski definition) is 3. The van der Waals surface area contributed by atoms with Gasteiger partial charge in [0, 0.05) is 35.8 Å². The lowest BCUT2D eigenvalue weighted by Crippen LogP contribution is -2.38. The Bertz CT molecular complexity index is 1160. The first-order valence-corrected chi connectivity index (χ1v) is 11.6. The van der Waals surface area contributed by atoms with E-state index < -0.39 is 10.0 Å². The molecule has 0 spiro atoms. The van der Waals surface area contributed by atoms with Crippen molar-refractivity contribution in [1.82, 2.24) is 10.3 Å². The molecule has 3 aromatic rings. The number of carbonyl (C=O) groups excluding carboxylic acids is 1. The molecule has 29 heavy (non-hydrogen) atoms. The third-order valence-electron chi connectivity index (χ3n) is 5.18. The molecule has 1 aromatic heterocycles. The summed E-state index contributed by atoms with van der Waals surface area (Å²) in [5, 5.41) is 4.38. The molecule has 4 rings (SSSR count). The number of H-pyrrole nitrogens is 1. The number of benzene rings is 2. The smallest absolute Gasteiger partial charge is 0.251 e. The molecule has 8 heteroatoms. The largest absolute Gasteiger partial charge is 0.361 e. The van der Waals surface area contributed by atoms with Gasteiger partial charge in [-0.3, -0.25) is 9.10 Å². The molecule has 2 N–H and O–H groups in total. The van der Waals surface area contributed by atoms with Crippen molar-refractivity contribution in [3.8, 4) is 0 Å². The molecule has 0 unspecified atom stereocenters. The number of sulfonamides is 1. The predicted octanol–water partition coefficient (Wildman–Crippen LogP) is 3.72. The van der Waals surface area contributed by atoms with E-state index in [1.165, 1.54) is 4.31 Å². The highest BCUT2D eigenvalue weighted by Crippen LogP contribution is 2.31. The van der Waals surface area contributed by atoms with E-state index in [2.05, 4.69) is 10.3 Å². The van der Waals surface area contributed by atoms with Crippen LogP contribution in [0.2, 0.25) is 5.02 Å². The van der Waals surface area contributed by atoms with Crippen LogP contribution in [-0.2, 0) is 16.4 Å². The summed E-state index contributed by atoms with van der Waals surface area (Å²) in [4.78, 5) is 15.8. The highest BCUT2D eigenvalue weighted by atomic mass is 35.5. The molecule has 0 saturated carbocycles. The molecule has 1 fully saturated rings. The number of para-hydroxylation sites is 1. The van der Waals surface area contributed by atoms with Crippen molar-refractivity contribution in [3.05, 3.63) is 64.8 Å². The number of nitrogens with one attached hydrogen (secondary N) is 2. The molecule has 0 radical (unpaired) electrons. The fourth-order valence-corrected chi connectivity index (χ4v) is 5.57. The van der Waals surface area contributed by atoms with Crippen LogP contribution in [0.4, 0.5) is 5.69 Å². The molecule has 6 nitrogen and oxygen atoms in total. The third kappa shape index (κ3) is 4.11. The molecule has 2 aromatic carbocycles. The first-order valence-electron chi connectivity index (χ1n) is 9.59. The summed E-state index contributed by atoms with van der Waals surface area (Å²) in [6, 6.07) is 12.8. The lowest BCUT2D eigenvalue weighted by atomic mass is 10.1. The maximum absolute atomic E-state index is 12.6. The topological polar surface area (TPSA) is 82.3 Å². The average Bonchev–Trinajstić information content (AvgIpc) is 3.11. The zero-order chi connectivity index (χ0) is 20.4. The Labute approximate surface area is 174 Å². The first-order chi connectivity index (χ1) is 14.0. The van der Waals surface area contributed by atoms with Crippen LogP contribution in [0.15, 0.2) is 48.7 Å². The second kappa shape index (κ2) is 8.08.